The van der Waals surface area contributed by atoms with Crippen LogP contribution >= 0.6 is 0 Å². The number of methoxy groups -OCH3 is 1. The van der Waals surface area contributed by atoms with Gasteiger partial charge in [-0.15, -0.1) is 0 Å². The summed E-state index contributed by atoms with van der Waals surface area (Å²) in [7, 11) is -1.31. The zero-order valence-corrected chi connectivity index (χ0v) is 17.5. The van der Waals surface area contributed by atoms with Crippen LogP contribution in [0.4, 0.5) is 0 Å². The van der Waals surface area contributed by atoms with Crippen LogP contribution < -0.4 is 4.74 Å². The van der Waals surface area contributed by atoms with Gasteiger partial charge in [-0.05, 0) is 35.4 Å². The van der Waals surface area contributed by atoms with Crippen molar-refractivity contribution in [1.82, 2.24) is 9.80 Å². The van der Waals surface area contributed by atoms with Gasteiger partial charge in [0.25, 0.3) is 0 Å². The van der Waals surface area contributed by atoms with E-state index in [1.807, 2.05) is 42.2 Å². The molecule has 28 heavy (non-hydrogen) atoms. The maximum absolute atomic E-state index is 13.0. The first kappa shape index (κ1) is 20.6. The highest BCUT2D eigenvalue weighted by Crippen LogP contribution is 2.26. The van der Waals surface area contributed by atoms with E-state index in [-0.39, 0.29) is 17.6 Å². The normalized spacial score (nSPS) is 16.9. The SMILES string of the molecule is COc1ccc2cc([C@H](C)C(=O)N3CCN(CCS(C)(=O)=O)CC3)ccc2c1. The van der Waals surface area contributed by atoms with Gasteiger partial charge in [-0.1, -0.05) is 24.3 Å². The lowest BCUT2D eigenvalue weighted by molar-refractivity contribution is -0.134. The van der Waals surface area contributed by atoms with Crippen LogP contribution in [0, 0.1) is 0 Å². The van der Waals surface area contributed by atoms with Gasteiger partial charge < -0.3 is 9.64 Å². The van der Waals surface area contributed by atoms with Gasteiger partial charge in [0.2, 0.25) is 5.91 Å². The van der Waals surface area contributed by atoms with Crippen LogP contribution in [0.3, 0.4) is 0 Å². The zero-order valence-electron chi connectivity index (χ0n) is 16.7. The molecule has 1 fully saturated rings. The summed E-state index contributed by atoms with van der Waals surface area (Å²) in [5.74, 6) is 0.891. The van der Waals surface area contributed by atoms with Crippen LogP contribution in [0.2, 0.25) is 0 Å². The molecule has 0 aromatic heterocycles. The Labute approximate surface area is 167 Å². The standard InChI is InChI=1S/C21H28N2O4S/c1-16(17-4-5-19-15-20(27-2)7-6-18(19)14-17)21(24)23-10-8-22(9-11-23)12-13-28(3,25)26/h4-7,14-16H,8-13H2,1-3H3/t16-/m0/s1. The minimum Gasteiger partial charge on any atom is -0.497 e. The van der Waals surface area contributed by atoms with Crippen molar-refractivity contribution in [3.05, 3.63) is 42.0 Å². The number of carbonyl (C=O) groups is 1. The lowest BCUT2D eigenvalue weighted by atomic mass is 9.96. The minimum absolute atomic E-state index is 0.121. The molecule has 1 aliphatic heterocycles. The van der Waals surface area contributed by atoms with E-state index in [0.29, 0.717) is 32.7 Å². The average molecular weight is 405 g/mol. The third kappa shape index (κ3) is 5.02. The summed E-state index contributed by atoms with van der Waals surface area (Å²) in [5.41, 5.74) is 1.00. The first-order chi connectivity index (χ1) is 13.3. The van der Waals surface area contributed by atoms with Crippen LogP contribution in [0.5, 0.6) is 5.75 Å². The van der Waals surface area contributed by atoms with Gasteiger partial charge in [-0.25, -0.2) is 8.42 Å². The third-order valence-corrected chi connectivity index (χ3v) is 6.33. The topological polar surface area (TPSA) is 66.9 Å². The Balaban J connectivity index is 1.62. The van der Waals surface area contributed by atoms with E-state index in [0.717, 1.165) is 22.1 Å². The van der Waals surface area contributed by atoms with E-state index in [1.54, 1.807) is 7.11 Å². The molecular formula is C21H28N2O4S. The maximum atomic E-state index is 13.0. The average Bonchev–Trinajstić information content (AvgIpc) is 2.70. The molecule has 2 aromatic carbocycles. The summed E-state index contributed by atoms with van der Waals surface area (Å²) < 4.78 is 27.9. The Morgan fingerprint density at radius 3 is 2.36 bits per heavy atom. The molecule has 0 unspecified atom stereocenters. The summed E-state index contributed by atoms with van der Waals surface area (Å²) in [6.07, 6.45) is 1.26. The van der Waals surface area contributed by atoms with Crippen molar-refractivity contribution in [3.8, 4) is 5.75 Å². The van der Waals surface area contributed by atoms with Crippen molar-refractivity contribution < 1.29 is 17.9 Å². The van der Waals surface area contributed by atoms with Gasteiger partial charge in [-0.2, -0.15) is 0 Å². The fourth-order valence-corrected chi connectivity index (χ4v) is 4.13. The minimum atomic E-state index is -2.96. The summed E-state index contributed by atoms with van der Waals surface area (Å²) in [5, 5.41) is 2.17. The van der Waals surface area contributed by atoms with Crippen LogP contribution in [0.15, 0.2) is 36.4 Å². The lowest BCUT2D eigenvalue weighted by Crippen LogP contribution is -2.50. The molecule has 1 heterocycles. The molecule has 1 aliphatic rings. The van der Waals surface area contributed by atoms with Gasteiger partial charge in [-0.3, -0.25) is 9.69 Å². The quantitative estimate of drug-likeness (QED) is 0.738. The molecule has 6 nitrogen and oxygen atoms in total. The van der Waals surface area contributed by atoms with Crippen molar-refractivity contribution in [1.29, 1.82) is 0 Å². The molecule has 1 atom stereocenters. The molecule has 0 saturated carbocycles. The number of carbonyl (C=O) groups excluding carboxylic acids is 1. The Morgan fingerprint density at radius 1 is 1.07 bits per heavy atom. The van der Waals surface area contributed by atoms with Gasteiger partial charge >= 0.3 is 0 Å². The molecule has 0 radical (unpaired) electrons. The van der Waals surface area contributed by atoms with E-state index >= 15 is 0 Å². The fourth-order valence-electron chi connectivity index (χ4n) is 3.54. The molecule has 0 aliphatic carbocycles. The second-order valence-electron chi connectivity index (χ2n) is 7.49. The molecule has 1 amide bonds. The Hall–Kier alpha value is -2.12. The third-order valence-electron chi connectivity index (χ3n) is 5.40. The highest BCUT2D eigenvalue weighted by molar-refractivity contribution is 7.90. The van der Waals surface area contributed by atoms with Crippen molar-refractivity contribution in [2.24, 2.45) is 0 Å². The summed E-state index contributed by atoms with van der Waals surface area (Å²) in [6.45, 7) is 5.18. The smallest absolute Gasteiger partial charge is 0.229 e. The molecule has 7 heteroatoms. The van der Waals surface area contributed by atoms with Gasteiger partial charge in [0.05, 0.1) is 18.8 Å². The fraction of sp³-hybridized carbons (Fsp3) is 0.476. The number of hydrogen-bond acceptors (Lipinski definition) is 5. The van der Waals surface area contributed by atoms with E-state index < -0.39 is 9.84 Å². The highest BCUT2D eigenvalue weighted by atomic mass is 32.2. The summed E-state index contributed by atoms with van der Waals surface area (Å²) in [6, 6.07) is 12.0. The molecule has 0 spiro atoms. The highest BCUT2D eigenvalue weighted by Gasteiger charge is 2.26. The first-order valence-corrected chi connectivity index (χ1v) is 11.6. The van der Waals surface area contributed by atoms with E-state index in [2.05, 4.69) is 11.0 Å². The molecular weight excluding hydrogens is 376 g/mol. The Morgan fingerprint density at radius 2 is 1.71 bits per heavy atom. The first-order valence-electron chi connectivity index (χ1n) is 9.53. The van der Waals surface area contributed by atoms with Gasteiger partial charge in [0.1, 0.15) is 15.6 Å². The molecule has 0 bridgehead atoms. The maximum Gasteiger partial charge on any atom is 0.229 e. The second kappa shape index (κ2) is 8.49. The Bertz CT molecular complexity index is 950. The van der Waals surface area contributed by atoms with Gasteiger partial charge in [0.15, 0.2) is 0 Å². The molecule has 152 valence electrons. The number of sulfone groups is 1. The molecule has 3 rings (SSSR count). The number of ether oxygens (including phenoxy) is 1. The van der Waals surface area contributed by atoms with Crippen molar-refractivity contribution in [2.45, 2.75) is 12.8 Å². The van der Waals surface area contributed by atoms with E-state index in [1.165, 1.54) is 6.26 Å². The van der Waals surface area contributed by atoms with Gasteiger partial charge in [0, 0.05) is 39.0 Å². The molecule has 0 N–H and O–H groups in total. The van der Waals surface area contributed by atoms with Crippen LogP contribution in [-0.2, 0) is 14.6 Å². The number of hydrogen-bond donors (Lipinski definition) is 0. The van der Waals surface area contributed by atoms with Crippen molar-refractivity contribution in [2.75, 3.05) is 51.8 Å². The predicted molar refractivity (Wildman–Crippen MR) is 112 cm³/mol. The zero-order chi connectivity index (χ0) is 20.3. The number of piperazine rings is 1. The molecule has 1 saturated heterocycles. The second-order valence-corrected chi connectivity index (χ2v) is 9.75. The van der Waals surface area contributed by atoms with Crippen LogP contribution in [0.25, 0.3) is 10.8 Å². The summed E-state index contributed by atoms with van der Waals surface area (Å²) in [4.78, 5) is 16.9. The summed E-state index contributed by atoms with van der Waals surface area (Å²) >= 11 is 0. The van der Waals surface area contributed by atoms with E-state index in [4.69, 9.17) is 4.74 Å². The largest absolute Gasteiger partial charge is 0.497 e. The number of rotatable bonds is 6. The molecule has 2 aromatic rings. The van der Waals surface area contributed by atoms with E-state index in [9.17, 15) is 13.2 Å². The van der Waals surface area contributed by atoms with Crippen molar-refractivity contribution in [3.63, 3.8) is 0 Å². The Kier molecular flexibility index (Phi) is 6.25. The number of nitrogens with zero attached hydrogens (tertiary/aromatic N) is 2. The van der Waals surface area contributed by atoms with Crippen molar-refractivity contribution >= 4 is 26.5 Å². The van der Waals surface area contributed by atoms with Crippen LogP contribution in [0.1, 0.15) is 18.4 Å². The number of benzene rings is 2. The predicted octanol–water partition coefficient (Wildman–Crippen LogP) is 2.14. The number of amides is 1. The monoisotopic (exact) mass is 404 g/mol. The van der Waals surface area contributed by atoms with Crippen LogP contribution in [-0.4, -0.2) is 76.0 Å². The lowest BCUT2D eigenvalue weighted by Gasteiger charge is -2.36. The number of fused-ring (bicyclic) bond motifs is 1.